The highest BCUT2D eigenvalue weighted by Crippen LogP contribution is 2.45. The van der Waals surface area contributed by atoms with Gasteiger partial charge in [-0.3, -0.25) is 9.59 Å². The van der Waals surface area contributed by atoms with Gasteiger partial charge in [0.1, 0.15) is 11.9 Å². The number of rotatable bonds is 4. The van der Waals surface area contributed by atoms with Gasteiger partial charge in [-0.15, -0.1) is 11.3 Å². The molecule has 3 unspecified atom stereocenters. The third-order valence-corrected chi connectivity index (χ3v) is 9.14. The molecule has 0 saturated carbocycles. The number of aliphatic hydroxyl groups excluding tert-OH is 2. The zero-order valence-corrected chi connectivity index (χ0v) is 24.3. The number of thiazole rings is 1. The molecule has 2 aliphatic rings. The third kappa shape index (κ3) is 7.28. The molecule has 0 aliphatic carbocycles. The van der Waals surface area contributed by atoms with Crippen LogP contribution in [-0.2, 0) is 19.1 Å². The summed E-state index contributed by atoms with van der Waals surface area (Å²) in [5.74, 6) is -1.42. The lowest BCUT2D eigenvalue weighted by Crippen LogP contribution is -2.46. The van der Waals surface area contributed by atoms with Gasteiger partial charge in [-0.25, -0.2) is 4.98 Å². The number of aromatic nitrogens is 1. The van der Waals surface area contributed by atoms with E-state index in [-0.39, 0.29) is 29.8 Å². The Kier molecular flexibility index (Phi) is 9.76. The molecule has 2 saturated heterocycles. The highest BCUT2D eigenvalue weighted by atomic mass is 32.1. The number of nitrogens with zero attached hydrogens (tertiary/aromatic N) is 1. The van der Waals surface area contributed by atoms with Gasteiger partial charge in [-0.05, 0) is 57.6 Å². The number of aliphatic hydroxyl groups is 2. The summed E-state index contributed by atoms with van der Waals surface area (Å²) in [6, 6.07) is 0. The van der Waals surface area contributed by atoms with Crippen molar-refractivity contribution in [1.82, 2.24) is 4.98 Å². The number of aryl methyl sites for hydroxylation is 1. The van der Waals surface area contributed by atoms with Gasteiger partial charge in [0.15, 0.2) is 0 Å². The quantitative estimate of drug-likeness (QED) is 0.400. The van der Waals surface area contributed by atoms with Crippen molar-refractivity contribution in [2.45, 2.75) is 123 Å². The minimum atomic E-state index is -1.23. The molecule has 2 aliphatic heterocycles. The lowest BCUT2D eigenvalue weighted by Gasteiger charge is -2.36. The average molecular weight is 536 g/mol. The molecule has 1 aromatic rings. The first-order valence-corrected chi connectivity index (χ1v) is 14.5. The minimum Gasteiger partial charge on any atom is -0.458 e. The van der Waals surface area contributed by atoms with E-state index >= 15 is 0 Å². The van der Waals surface area contributed by atoms with E-state index in [2.05, 4.69) is 11.9 Å². The van der Waals surface area contributed by atoms with E-state index in [9.17, 15) is 19.8 Å². The summed E-state index contributed by atoms with van der Waals surface area (Å²) in [7, 11) is 0. The summed E-state index contributed by atoms with van der Waals surface area (Å²) < 4.78 is 12.0. The molecular weight excluding hydrogens is 490 g/mol. The second kappa shape index (κ2) is 12.1. The number of ketones is 1. The van der Waals surface area contributed by atoms with Crippen LogP contribution in [0.15, 0.2) is 11.0 Å². The SMILES string of the molecule is CCC[C@H]1C(=O)C(C)(C)C(O)CC(=O)O[C@H](C(C)=Cc2csc(C)n2)CC2OC2(C)CCC[C@H](C)[C@H]1O. The van der Waals surface area contributed by atoms with E-state index in [1.165, 1.54) is 0 Å². The van der Waals surface area contributed by atoms with E-state index in [0.717, 1.165) is 42.0 Å². The molecular formula is C29H45NO6S. The van der Waals surface area contributed by atoms with Gasteiger partial charge in [0.25, 0.3) is 0 Å². The number of carbonyl (C=O) groups excluding carboxylic acids is 2. The fourth-order valence-electron chi connectivity index (χ4n) is 5.47. The maximum absolute atomic E-state index is 13.6. The molecule has 0 radical (unpaired) electrons. The van der Waals surface area contributed by atoms with Gasteiger partial charge in [-0.1, -0.05) is 40.5 Å². The smallest absolute Gasteiger partial charge is 0.309 e. The first kappa shape index (κ1) is 29.9. The normalized spacial score (nSPS) is 36.1. The van der Waals surface area contributed by atoms with Crippen LogP contribution in [-0.4, -0.2) is 57.0 Å². The Morgan fingerprint density at radius 2 is 1.97 bits per heavy atom. The molecule has 3 rings (SSSR count). The number of hydrogen-bond acceptors (Lipinski definition) is 8. The van der Waals surface area contributed by atoms with Crippen LogP contribution >= 0.6 is 11.3 Å². The van der Waals surface area contributed by atoms with Crippen LogP contribution in [0.5, 0.6) is 0 Å². The van der Waals surface area contributed by atoms with Crippen LogP contribution in [0.2, 0.25) is 0 Å². The van der Waals surface area contributed by atoms with Crippen LogP contribution < -0.4 is 0 Å². The van der Waals surface area contributed by atoms with Crippen LogP contribution in [0.1, 0.15) is 97.2 Å². The van der Waals surface area contributed by atoms with Crippen molar-refractivity contribution >= 4 is 29.2 Å². The Balaban J connectivity index is 1.88. The molecule has 208 valence electrons. The van der Waals surface area contributed by atoms with Crippen LogP contribution in [0, 0.1) is 24.2 Å². The van der Waals surface area contributed by atoms with Crippen LogP contribution in [0.4, 0.5) is 0 Å². The van der Waals surface area contributed by atoms with Crippen molar-refractivity contribution in [3.05, 3.63) is 21.7 Å². The monoisotopic (exact) mass is 535 g/mol. The van der Waals surface area contributed by atoms with Crippen LogP contribution in [0.25, 0.3) is 6.08 Å². The van der Waals surface area contributed by atoms with Gasteiger partial charge >= 0.3 is 5.97 Å². The van der Waals surface area contributed by atoms with E-state index in [1.807, 2.05) is 39.2 Å². The van der Waals surface area contributed by atoms with Gasteiger partial charge in [-0.2, -0.15) is 0 Å². The van der Waals surface area contributed by atoms with E-state index in [4.69, 9.17) is 9.47 Å². The highest BCUT2D eigenvalue weighted by molar-refractivity contribution is 7.09. The lowest BCUT2D eigenvalue weighted by atomic mass is 9.71. The molecule has 1 aromatic heterocycles. The maximum Gasteiger partial charge on any atom is 0.309 e. The number of Topliss-reactive ketones (excluding diaryl/α,β-unsaturated/α-hetero) is 1. The number of epoxide rings is 1. The van der Waals surface area contributed by atoms with Gasteiger partial charge in [0.2, 0.25) is 0 Å². The standard InChI is InChI=1S/C29H45NO6S/c1-8-10-21-26(33)17(2)11-9-12-29(7)24(36-29)14-22(18(3)13-20-16-37-19(4)30-20)35-25(32)15-23(31)28(5,6)27(21)34/h13,16-17,21-24,26,31,33H,8-12,14-15H2,1-7H3/t17-,21+,22-,23?,24?,26+,29?/m0/s1. The van der Waals surface area contributed by atoms with Crippen molar-refractivity contribution < 1.29 is 29.3 Å². The van der Waals surface area contributed by atoms with Gasteiger partial charge in [0.05, 0.1) is 46.5 Å². The number of carbonyl (C=O) groups is 2. The number of cyclic esters (lactones) is 1. The summed E-state index contributed by atoms with van der Waals surface area (Å²) in [4.78, 5) is 31.2. The fraction of sp³-hybridized carbons (Fsp3) is 0.759. The number of hydrogen-bond donors (Lipinski definition) is 2. The molecule has 37 heavy (non-hydrogen) atoms. The zero-order chi connectivity index (χ0) is 27.5. The summed E-state index contributed by atoms with van der Waals surface area (Å²) in [6.07, 6.45) is 3.32. The molecule has 0 spiro atoms. The maximum atomic E-state index is 13.6. The minimum absolute atomic E-state index is 0.0465. The Hall–Kier alpha value is -1.61. The molecule has 3 heterocycles. The van der Waals surface area contributed by atoms with Crippen molar-refractivity contribution in [3.8, 4) is 0 Å². The Morgan fingerprint density at radius 3 is 2.59 bits per heavy atom. The Morgan fingerprint density at radius 1 is 1.27 bits per heavy atom. The first-order chi connectivity index (χ1) is 17.3. The second-order valence-electron chi connectivity index (χ2n) is 11.9. The molecule has 2 N–H and O–H groups in total. The Labute approximate surface area is 225 Å². The molecule has 7 nitrogen and oxygen atoms in total. The predicted molar refractivity (Wildman–Crippen MR) is 145 cm³/mol. The van der Waals surface area contributed by atoms with E-state index in [0.29, 0.717) is 12.8 Å². The van der Waals surface area contributed by atoms with Gasteiger partial charge < -0.3 is 19.7 Å². The molecule has 7 atom stereocenters. The van der Waals surface area contributed by atoms with Crippen molar-refractivity contribution in [1.29, 1.82) is 0 Å². The summed E-state index contributed by atoms with van der Waals surface area (Å²) in [6.45, 7) is 13.2. The highest BCUT2D eigenvalue weighted by Gasteiger charge is 2.53. The zero-order valence-electron chi connectivity index (χ0n) is 23.5. The number of ether oxygens (including phenoxy) is 2. The molecule has 0 bridgehead atoms. The summed E-state index contributed by atoms with van der Waals surface area (Å²) in [5, 5.41) is 25.1. The molecule has 0 aromatic carbocycles. The Bertz CT molecular complexity index is 987. The fourth-order valence-corrected chi connectivity index (χ4v) is 6.04. The van der Waals surface area contributed by atoms with Crippen molar-refractivity contribution in [2.24, 2.45) is 17.3 Å². The molecule has 2 fully saturated rings. The van der Waals surface area contributed by atoms with E-state index in [1.54, 1.807) is 25.2 Å². The first-order valence-electron chi connectivity index (χ1n) is 13.7. The average Bonchev–Trinajstić information content (AvgIpc) is 3.27. The summed E-state index contributed by atoms with van der Waals surface area (Å²) >= 11 is 1.56. The van der Waals surface area contributed by atoms with Gasteiger partial charge in [0, 0.05) is 17.7 Å². The lowest BCUT2D eigenvalue weighted by molar-refractivity contribution is -0.154. The number of fused-ring (bicyclic) bond motifs is 1. The number of esters is 1. The summed E-state index contributed by atoms with van der Waals surface area (Å²) in [5.41, 5.74) is 0.184. The topological polar surface area (TPSA) is 109 Å². The van der Waals surface area contributed by atoms with Crippen molar-refractivity contribution in [2.75, 3.05) is 0 Å². The van der Waals surface area contributed by atoms with E-state index < -0.39 is 35.6 Å². The molecule has 8 heteroatoms. The largest absolute Gasteiger partial charge is 0.458 e. The second-order valence-corrected chi connectivity index (χ2v) is 12.9. The molecule has 0 amide bonds. The van der Waals surface area contributed by atoms with Crippen LogP contribution in [0.3, 0.4) is 0 Å². The van der Waals surface area contributed by atoms with Crippen molar-refractivity contribution in [3.63, 3.8) is 0 Å². The third-order valence-electron chi connectivity index (χ3n) is 8.35. The predicted octanol–water partition coefficient (Wildman–Crippen LogP) is 5.26.